The molecule has 1 aliphatic heterocycles. The van der Waals surface area contributed by atoms with Crippen molar-refractivity contribution in [2.24, 2.45) is 0 Å². The summed E-state index contributed by atoms with van der Waals surface area (Å²) >= 11 is 0. The van der Waals surface area contributed by atoms with E-state index in [0.29, 0.717) is 12.5 Å². The van der Waals surface area contributed by atoms with E-state index in [1.807, 2.05) is 37.3 Å². The van der Waals surface area contributed by atoms with Gasteiger partial charge in [0.25, 0.3) is 0 Å². The van der Waals surface area contributed by atoms with Crippen molar-refractivity contribution in [3.05, 3.63) is 71.4 Å². The van der Waals surface area contributed by atoms with Gasteiger partial charge in [-0.15, -0.1) is 0 Å². The van der Waals surface area contributed by atoms with Crippen LogP contribution in [0, 0.1) is 6.92 Å². The largest absolute Gasteiger partial charge is 0.454 e. The van der Waals surface area contributed by atoms with Crippen molar-refractivity contribution < 1.29 is 9.47 Å². The first kappa shape index (κ1) is 18.1. The molecule has 6 nitrogen and oxygen atoms in total. The molecule has 3 aromatic rings. The lowest BCUT2D eigenvalue weighted by Crippen LogP contribution is -2.23. The Morgan fingerprint density at radius 3 is 2.61 bits per heavy atom. The van der Waals surface area contributed by atoms with Gasteiger partial charge in [-0.05, 0) is 37.1 Å². The lowest BCUT2D eigenvalue weighted by molar-refractivity contribution is 0.174. The average Bonchev–Trinajstić information content (AvgIpc) is 3.19. The number of aryl methyl sites for hydroxylation is 1. The Kier molecular flexibility index (Phi) is 5.28. The van der Waals surface area contributed by atoms with Crippen LogP contribution in [0.3, 0.4) is 0 Å². The Hall–Kier alpha value is -3.28. The Morgan fingerprint density at radius 1 is 0.964 bits per heavy atom. The van der Waals surface area contributed by atoms with Crippen LogP contribution in [0.1, 0.15) is 23.7 Å². The number of anilines is 2. The van der Waals surface area contributed by atoms with Gasteiger partial charge in [0.15, 0.2) is 11.5 Å². The predicted molar refractivity (Wildman–Crippen MR) is 110 cm³/mol. The monoisotopic (exact) mass is 376 g/mol. The second-order valence-electron chi connectivity index (χ2n) is 6.73. The molecule has 2 aromatic carbocycles. The molecule has 144 valence electrons. The van der Waals surface area contributed by atoms with Gasteiger partial charge in [0, 0.05) is 31.4 Å². The van der Waals surface area contributed by atoms with E-state index in [9.17, 15) is 0 Å². The van der Waals surface area contributed by atoms with Crippen molar-refractivity contribution >= 4 is 11.8 Å². The zero-order valence-electron chi connectivity index (χ0n) is 16.2. The number of rotatable bonds is 7. The highest BCUT2D eigenvalue weighted by atomic mass is 16.7. The highest BCUT2D eigenvalue weighted by Crippen LogP contribution is 2.32. The number of nitrogens with one attached hydrogen (secondary N) is 1. The lowest BCUT2D eigenvalue weighted by atomic mass is 10.2. The molecular formula is C22H24N4O2. The molecule has 0 saturated carbocycles. The van der Waals surface area contributed by atoms with Crippen LogP contribution in [0.5, 0.6) is 11.5 Å². The van der Waals surface area contributed by atoms with Crippen molar-refractivity contribution in [2.75, 3.05) is 23.6 Å². The number of aromatic nitrogens is 2. The average molecular weight is 376 g/mol. The van der Waals surface area contributed by atoms with Crippen molar-refractivity contribution in [1.29, 1.82) is 0 Å². The van der Waals surface area contributed by atoms with Gasteiger partial charge in [0.05, 0.1) is 0 Å². The lowest BCUT2D eigenvalue weighted by Gasteiger charge is -2.23. The van der Waals surface area contributed by atoms with Crippen LogP contribution in [0.4, 0.5) is 11.8 Å². The summed E-state index contributed by atoms with van der Waals surface area (Å²) in [5.41, 5.74) is 3.28. The van der Waals surface area contributed by atoms with Gasteiger partial charge in [-0.2, -0.15) is 4.98 Å². The molecule has 1 aromatic heterocycles. The third kappa shape index (κ3) is 4.17. The first-order valence-electron chi connectivity index (χ1n) is 9.48. The third-order valence-corrected chi connectivity index (χ3v) is 4.65. The van der Waals surface area contributed by atoms with Crippen LogP contribution in [0.15, 0.2) is 54.6 Å². The Bertz CT molecular complexity index is 947. The van der Waals surface area contributed by atoms with E-state index in [0.717, 1.165) is 41.7 Å². The minimum Gasteiger partial charge on any atom is -0.454 e. The molecule has 4 rings (SSSR count). The molecule has 6 heteroatoms. The van der Waals surface area contributed by atoms with Crippen LogP contribution in [-0.2, 0) is 13.1 Å². The minimum absolute atomic E-state index is 0.283. The normalized spacial score (nSPS) is 12.1. The topological polar surface area (TPSA) is 59.5 Å². The Morgan fingerprint density at radius 2 is 1.79 bits per heavy atom. The molecule has 0 fully saturated rings. The van der Waals surface area contributed by atoms with Gasteiger partial charge in [0.1, 0.15) is 5.82 Å². The molecule has 28 heavy (non-hydrogen) atoms. The molecule has 0 atom stereocenters. The van der Waals surface area contributed by atoms with Crippen molar-refractivity contribution in [3.8, 4) is 11.5 Å². The maximum Gasteiger partial charge on any atom is 0.231 e. The first-order chi connectivity index (χ1) is 13.7. The van der Waals surface area contributed by atoms with E-state index >= 15 is 0 Å². The smallest absolute Gasteiger partial charge is 0.231 e. The number of benzene rings is 2. The Balaban J connectivity index is 1.48. The van der Waals surface area contributed by atoms with Gasteiger partial charge in [-0.1, -0.05) is 36.4 Å². The van der Waals surface area contributed by atoms with Crippen molar-refractivity contribution in [3.63, 3.8) is 0 Å². The quantitative estimate of drug-likeness (QED) is 0.668. The van der Waals surface area contributed by atoms with Crippen LogP contribution < -0.4 is 19.7 Å². The zero-order chi connectivity index (χ0) is 19.3. The molecule has 0 spiro atoms. The molecule has 0 amide bonds. The fourth-order valence-electron chi connectivity index (χ4n) is 3.18. The second kappa shape index (κ2) is 8.17. The van der Waals surface area contributed by atoms with Crippen LogP contribution in [0.2, 0.25) is 0 Å². The van der Waals surface area contributed by atoms with Gasteiger partial charge in [-0.3, -0.25) is 0 Å². The molecule has 0 radical (unpaired) electrons. The SMILES string of the molecule is CCN(Cc1ccccc1)c1cc(C)nc(NCc2ccc3c(c2)OCO3)n1. The summed E-state index contributed by atoms with van der Waals surface area (Å²) in [6.07, 6.45) is 0. The molecule has 2 heterocycles. The summed E-state index contributed by atoms with van der Waals surface area (Å²) in [6.45, 7) is 6.71. The number of fused-ring (bicyclic) bond motifs is 1. The standard InChI is InChI=1S/C22H24N4O2/c1-3-26(14-17-7-5-4-6-8-17)21-11-16(2)24-22(25-21)23-13-18-9-10-19-20(12-18)28-15-27-19/h4-12H,3,13-15H2,1-2H3,(H,23,24,25). The summed E-state index contributed by atoms with van der Waals surface area (Å²) in [5, 5.41) is 3.33. The number of nitrogens with zero attached hydrogens (tertiary/aromatic N) is 3. The summed E-state index contributed by atoms with van der Waals surface area (Å²) in [7, 11) is 0. The maximum atomic E-state index is 5.44. The van der Waals surface area contributed by atoms with E-state index in [2.05, 4.69) is 46.4 Å². The molecule has 1 N–H and O–H groups in total. The summed E-state index contributed by atoms with van der Waals surface area (Å²) in [5.74, 6) is 3.12. The van der Waals surface area contributed by atoms with Crippen molar-refractivity contribution in [2.45, 2.75) is 26.9 Å². The van der Waals surface area contributed by atoms with Crippen LogP contribution >= 0.6 is 0 Å². The molecule has 0 aliphatic carbocycles. The van der Waals surface area contributed by atoms with E-state index < -0.39 is 0 Å². The third-order valence-electron chi connectivity index (χ3n) is 4.65. The molecule has 1 aliphatic rings. The zero-order valence-corrected chi connectivity index (χ0v) is 16.2. The maximum absolute atomic E-state index is 5.44. The molecule has 0 unspecified atom stereocenters. The van der Waals surface area contributed by atoms with Gasteiger partial charge in [0.2, 0.25) is 12.7 Å². The summed E-state index contributed by atoms with van der Waals surface area (Å²) in [4.78, 5) is 11.5. The first-order valence-corrected chi connectivity index (χ1v) is 9.48. The number of ether oxygens (including phenoxy) is 2. The minimum atomic E-state index is 0.283. The van der Waals surface area contributed by atoms with Crippen LogP contribution in [0.25, 0.3) is 0 Å². The highest BCUT2D eigenvalue weighted by molar-refractivity contribution is 5.47. The molecule has 0 saturated heterocycles. The fraction of sp³-hybridized carbons (Fsp3) is 0.273. The van der Waals surface area contributed by atoms with Crippen LogP contribution in [-0.4, -0.2) is 23.3 Å². The number of hydrogen-bond donors (Lipinski definition) is 1. The van der Waals surface area contributed by atoms with E-state index in [-0.39, 0.29) is 6.79 Å². The Labute approximate surface area is 165 Å². The van der Waals surface area contributed by atoms with Gasteiger partial charge < -0.3 is 19.7 Å². The van der Waals surface area contributed by atoms with E-state index in [1.165, 1.54) is 5.56 Å². The van der Waals surface area contributed by atoms with Gasteiger partial charge >= 0.3 is 0 Å². The second-order valence-corrected chi connectivity index (χ2v) is 6.73. The van der Waals surface area contributed by atoms with E-state index in [4.69, 9.17) is 14.5 Å². The number of hydrogen-bond acceptors (Lipinski definition) is 6. The fourth-order valence-corrected chi connectivity index (χ4v) is 3.18. The highest BCUT2D eigenvalue weighted by Gasteiger charge is 2.14. The summed E-state index contributed by atoms with van der Waals surface area (Å²) in [6, 6.07) is 18.4. The van der Waals surface area contributed by atoms with E-state index in [1.54, 1.807) is 0 Å². The molecule has 0 bridgehead atoms. The summed E-state index contributed by atoms with van der Waals surface area (Å²) < 4.78 is 10.8. The van der Waals surface area contributed by atoms with Gasteiger partial charge in [-0.25, -0.2) is 4.98 Å². The molecular weight excluding hydrogens is 352 g/mol. The predicted octanol–water partition coefficient (Wildman–Crippen LogP) is 4.15. The van der Waals surface area contributed by atoms with Crippen molar-refractivity contribution in [1.82, 2.24) is 9.97 Å².